The van der Waals surface area contributed by atoms with Gasteiger partial charge in [0.05, 0.1) is 13.2 Å². The summed E-state index contributed by atoms with van der Waals surface area (Å²) in [5.41, 5.74) is 0. The van der Waals surface area contributed by atoms with Gasteiger partial charge in [-0.15, -0.1) is 0 Å². The third-order valence-corrected chi connectivity index (χ3v) is 1.52. The van der Waals surface area contributed by atoms with Crippen LogP contribution in [0.15, 0.2) is 0 Å². The molecule has 0 rings (SSSR count). The second-order valence-electron chi connectivity index (χ2n) is 3.08. The van der Waals surface area contributed by atoms with Crippen LogP contribution in [-0.4, -0.2) is 54.1 Å². The standard InChI is InChI=1S/C8H12F3NO5/c9-8(10,11)4-17-2-1-6(14)12-3-5(13)7(15)16/h5,13H,1-4H2,(H,12,14)(H,15,16). The Morgan fingerprint density at radius 2 is 1.94 bits per heavy atom. The highest BCUT2D eigenvalue weighted by Crippen LogP contribution is 2.14. The van der Waals surface area contributed by atoms with Gasteiger partial charge in [0.1, 0.15) is 6.61 Å². The number of rotatable bonds is 7. The highest BCUT2D eigenvalue weighted by atomic mass is 19.4. The van der Waals surface area contributed by atoms with Crippen LogP contribution in [0.1, 0.15) is 6.42 Å². The summed E-state index contributed by atoms with van der Waals surface area (Å²) in [4.78, 5) is 21.0. The van der Waals surface area contributed by atoms with Gasteiger partial charge in [0.15, 0.2) is 6.10 Å². The number of carbonyl (C=O) groups excluding carboxylic acids is 1. The van der Waals surface area contributed by atoms with Crippen LogP contribution in [0.2, 0.25) is 0 Å². The van der Waals surface area contributed by atoms with Gasteiger partial charge in [0.2, 0.25) is 5.91 Å². The number of carbonyl (C=O) groups is 2. The summed E-state index contributed by atoms with van der Waals surface area (Å²) in [7, 11) is 0. The molecule has 1 unspecified atom stereocenters. The Balaban J connectivity index is 3.57. The van der Waals surface area contributed by atoms with Gasteiger partial charge in [0.25, 0.3) is 0 Å². The van der Waals surface area contributed by atoms with Crippen LogP contribution >= 0.6 is 0 Å². The van der Waals surface area contributed by atoms with Gasteiger partial charge >= 0.3 is 12.1 Å². The summed E-state index contributed by atoms with van der Waals surface area (Å²) in [6.07, 6.45) is -6.53. The maximum absolute atomic E-state index is 11.6. The third kappa shape index (κ3) is 9.57. The number of ether oxygens (including phenoxy) is 1. The number of carboxylic acids is 1. The van der Waals surface area contributed by atoms with Gasteiger partial charge in [-0.05, 0) is 0 Å². The topological polar surface area (TPSA) is 95.9 Å². The van der Waals surface area contributed by atoms with E-state index in [9.17, 15) is 22.8 Å². The Bertz CT molecular complexity index is 268. The molecular formula is C8H12F3NO5. The molecule has 17 heavy (non-hydrogen) atoms. The summed E-state index contributed by atoms with van der Waals surface area (Å²) in [5.74, 6) is -2.20. The number of aliphatic hydroxyl groups is 1. The fraction of sp³-hybridized carbons (Fsp3) is 0.750. The van der Waals surface area contributed by atoms with Crippen molar-refractivity contribution in [3.63, 3.8) is 0 Å². The Labute approximate surface area is 94.4 Å². The third-order valence-electron chi connectivity index (χ3n) is 1.52. The molecule has 3 N–H and O–H groups in total. The van der Waals surface area contributed by atoms with Crippen LogP contribution in [0, 0.1) is 0 Å². The Morgan fingerprint density at radius 1 is 1.35 bits per heavy atom. The molecule has 0 aromatic heterocycles. The molecule has 0 saturated heterocycles. The minimum Gasteiger partial charge on any atom is -0.479 e. The molecule has 9 heteroatoms. The minimum absolute atomic E-state index is 0.345. The van der Waals surface area contributed by atoms with Gasteiger partial charge in [0, 0.05) is 6.42 Å². The Morgan fingerprint density at radius 3 is 2.41 bits per heavy atom. The molecule has 0 bridgehead atoms. The molecule has 0 aliphatic heterocycles. The lowest BCUT2D eigenvalue weighted by Gasteiger charge is -2.09. The van der Waals surface area contributed by atoms with Crippen molar-refractivity contribution in [2.75, 3.05) is 19.8 Å². The number of aliphatic carboxylic acids is 1. The molecule has 0 spiro atoms. The number of aliphatic hydroxyl groups excluding tert-OH is 1. The Kier molecular flexibility index (Phi) is 6.51. The highest BCUT2D eigenvalue weighted by Gasteiger charge is 2.27. The van der Waals surface area contributed by atoms with Crippen LogP contribution in [-0.2, 0) is 14.3 Å². The molecule has 0 aliphatic carbocycles. The van der Waals surface area contributed by atoms with E-state index in [-0.39, 0.29) is 6.42 Å². The molecule has 0 aliphatic rings. The second kappa shape index (κ2) is 7.07. The van der Waals surface area contributed by atoms with Crippen molar-refractivity contribution in [2.24, 2.45) is 0 Å². The van der Waals surface area contributed by atoms with Gasteiger partial charge in [-0.25, -0.2) is 4.79 Å². The van der Waals surface area contributed by atoms with E-state index in [4.69, 9.17) is 10.2 Å². The van der Waals surface area contributed by atoms with Gasteiger partial charge < -0.3 is 20.3 Å². The smallest absolute Gasteiger partial charge is 0.411 e. The van der Waals surface area contributed by atoms with E-state index in [1.807, 2.05) is 5.32 Å². The second-order valence-corrected chi connectivity index (χ2v) is 3.08. The van der Waals surface area contributed by atoms with Crippen LogP contribution in [0.4, 0.5) is 13.2 Å². The van der Waals surface area contributed by atoms with E-state index in [1.165, 1.54) is 0 Å². The van der Waals surface area contributed by atoms with Crippen LogP contribution in [0.3, 0.4) is 0 Å². The average molecular weight is 259 g/mol. The summed E-state index contributed by atoms with van der Waals surface area (Å²) in [6, 6.07) is 0. The van der Waals surface area contributed by atoms with E-state index in [0.717, 1.165) is 0 Å². The number of carboxylic acid groups (broad SMARTS) is 1. The van der Waals surface area contributed by atoms with E-state index in [0.29, 0.717) is 0 Å². The lowest BCUT2D eigenvalue weighted by atomic mass is 10.3. The van der Waals surface area contributed by atoms with Gasteiger partial charge in [-0.3, -0.25) is 4.79 Å². The first-order valence-electron chi connectivity index (χ1n) is 4.54. The van der Waals surface area contributed by atoms with Crippen molar-refractivity contribution in [1.82, 2.24) is 5.32 Å². The molecule has 100 valence electrons. The van der Waals surface area contributed by atoms with E-state index in [1.54, 1.807) is 0 Å². The first-order valence-corrected chi connectivity index (χ1v) is 4.54. The first kappa shape index (κ1) is 15.7. The summed E-state index contributed by atoms with van der Waals surface area (Å²) < 4.78 is 39.0. The van der Waals surface area contributed by atoms with Crippen molar-refractivity contribution < 1.29 is 37.7 Å². The maximum Gasteiger partial charge on any atom is 0.411 e. The largest absolute Gasteiger partial charge is 0.479 e. The predicted octanol–water partition coefficient (Wildman–Crippen LogP) is -0.483. The lowest BCUT2D eigenvalue weighted by molar-refractivity contribution is -0.174. The molecule has 0 aromatic carbocycles. The number of alkyl halides is 3. The summed E-state index contributed by atoms with van der Waals surface area (Å²) in [6.45, 7) is -2.39. The van der Waals surface area contributed by atoms with Crippen molar-refractivity contribution in [3.05, 3.63) is 0 Å². The molecule has 6 nitrogen and oxygen atoms in total. The summed E-state index contributed by atoms with van der Waals surface area (Å²) in [5, 5.41) is 19.0. The quantitative estimate of drug-likeness (QED) is 0.536. The number of amides is 1. The Hall–Kier alpha value is -1.35. The molecule has 0 heterocycles. The first-order chi connectivity index (χ1) is 7.72. The van der Waals surface area contributed by atoms with Crippen LogP contribution < -0.4 is 5.32 Å². The fourth-order valence-electron chi connectivity index (χ4n) is 0.739. The molecule has 0 radical (unpaired) electrons. The maximum atomic E-state index is 11.6. The van der Waals surface area contributed by atoms with Crippen molar-refractivity contribution >= 4 is 11.9 Å². The summed E-state index contributed by atoms with van der Waals surface area (Å²) >= 11 is 0. The van der Waals surface area contributed by atoms with Crippen molar-refractivity contribution in [1.29, 1.82) is 0 Å². The number of hydrogen-bond acceptors (Lipinski definition) is 4. The van der Waals surface area contributed by atoms with Crippen LogP contribution in [0.5, 0.6) is 0 Å². The predicted molar refractivity (Wildman–Crippen MR) is 48.1 cm³/mol. The molecule has 0 aromatic rings. The number of nitrogens with one attached hydrogen (secondary N) is 1. The monoisotopic (exact) mass is 259 g/mol. The lowest BCUT2D eigenvalue weighted by Crippen LogP contribution is -2.36. The van der Waals surface area contributed by atoms with Crippen molar-refractivity contribution in [3.8, 4) is 0 Å². The van der Waals surface area contributed by atoms with Crippen LogP contribution in [0.25, 0.3) is 0 Å². The van der Waals surface area contributed by atoms with E-state index in [2.05, 4.69) is 4.74 Å². The normalized spacial score (nSPS) is 13.2. The SMILES string of the molecule is O=C(CCOCC(F)(F)F)NCC(O)C(=O)O. The molecule has 0 saturated carbocycles. The molecule has 1 amide bonds. The molecular weight excluding hydrogens is 247 g/mol. The van der Waals surface area contributed by atoms with Gasteiger partial charge in [-0.1, -0.05) is 0 Å². The average Bonchev–Trinajstić information content (AvgIpc) is 2.19. The molecule has 1 atom stereocenters. The number of halogens is 3. The number of hydrogen-bond donors (Lipinski definition) is 3. The van der Waals surface area contributed by atoms with E-state index < -0.39 is 43.9 Å². The van der Waals surface area contributed by atoms with Gasteiger partial charge in [-0.2, -0.15) is 13.2 Å². The van der Waals surface area contributed by atoms with Crippen molar-refractivity contribution in [2.45, 2.75) is 18.7 Å². The zero-order valence-electron chi connectivity index (χ0n) is 8.66. The minimum atomic E-state index is -4.45. The molecule has 0 fully saturated rings. The zero-order chi connectivity index (χ0) is 13.5. The highest BCUT2D eigenvalue weighted by molar-refractivity contribution is 5.78. The zero-order valence-corrected chi connectivity index (χ0v) is 8.66. The fourth-order valence-corrected chi connectivity index (χ4v) is 0.739. The van der Waals surface area contributed by atoms with E-state index >= 15 is 0 Å².